The van der Waals surface area contributed by atoms with Gasteiger partial charge in [0.05, 0.1) is 23.9 Å². The molecule has 1 N–H and O–H groups in total. The Balaban J connectivity index is 1.44. The average Bonchev–Trinajstić information content (AvgIpc) is 2.88. The van der Waals surface area contributed by atoms with Gasteiger partial charge in [-0.3, -0.25) is 4.90 Å². The van der Waals surface area contributed by atoms with Crippen LogP contribution in [0.15, 0.2) is 72.8 Å². The summed E-state index contributed by atoms with van der Waals surface area (Å²) in [6.45, 7) is 5.40. The molecule has 1 aliphatic rings. The number of halogens is 2. The lowest BCUT2D eigenvalue weighted by Crippen LogP contribution is -2.44. The molecule has 1 heterocycles. The van der Waals surface area contributed by atoms with Crippen molar-refractivity contribution in [2.75, 3.05) is 44.7 Å². The van der Waals surface area contributed by atoms with E-state index in [1.54, 1.807) is 23.1 Å². The number of nitrogens with one attached hydrogen (secondary N) is 1. The fraction of sp³-hybridized carbons (Fsp3) is 0.296. The van der Waals surface area contributed by atoms with Gasteiger partial charge >= 0.3 is 6.03 Å². The minimum atomic E-state index is -0.224. The Bertz CT molecular complexity index is 1110. The van der Waals surface area contributed by atoms with Crippen molar-refractivity contribution in [2.45, 2.75) is 13.2 Å². The van der Waals surface area contributed by atoms with Crippen LogP contribution in [0.4, 0.5) is 10.5 Å². The third-order valence-electron chi connectivity index (χ3n) is 5.77. The average molecular weight is 514 g/mol. The van der Waals surface area contributed by atoms with Crippen LogP contribution in [0.2, 0.25) is 10.0 Å². The van der Waals surface area contributed by atoms with Crippen LogP contribution in [0.1, 0.15) is 11.1 Å². The van der Waals surface area contributed by atoms with Gasteiger partial charge in [0.25, 0.3) is 0 Å². The molecule has 0 atom stereocenters. The Kier molecular flexibility index (Phi) is 9.26. The Labute approximate surface area is 216 Å². The Morgan fingerprint density at radius 2 is 1.74 bits per heavy atom. The number of carbonyl (C=O) groups is 1. The zero-order valence-electron chi connectivity index (χ0n) is 19.5. The van der Waals surface area contributed by atoms with Crippen molar-refractivity contribution in [3.8, 4) is 5.75 Å². The number of urea groups is 1. The molecule has 0 aliphatic carbocycles. The van der Waals surface area contributed by atoms with Crippen LogP contribution in [0.3, 0.4) is 0 Å². The molecule has 1 fully saturated rings. The van der Waals surface area contributed by atoms with Crippen molar-refractivity contribution < 1.29 is 14.3 Å². The first-order chi connectivity index (χ1) is 17.1. The van der Waals surface area contributed by atoms with Gasteiger partial charge in [-0.25, -0.2) is 4.79 Å². The van der Waals surface area contributed by atoms with Crippen molar-refractivity contribution in [3.05, 3.63) is 94.0 Å². The van der Waals surface area contributed by atoms with Crippen LogP contribution < -0.4 is 10.1 Å². The Hall–Kier alpha value is -2.77. The molecular formula is C27H29Cl2N3O3. The first kappa shape index (κ1) is 25.3. The van der Waals surface area contributed by atoms with E-state index in [-0.39, 0.29) is 6.03 Å². The predicted octanol–water partition coefficient (Wildman–Crippen LogP) is 5.94. The Morgan fingerprint density at radius 1 is 0.971 bits per heavy atom. The second kappa shape index (κ2) is 12.8. The van der Waals surface area contributed by atoms with E-state index < -0.39 is 0 Å². The molecule has 0 radical (unpaired) electrons. The molecule has 6 nitrogen and oxygen atoms in total. The summed E-state index contributed by atoms with van der Waals surface area (Å²) in [5.41, 5.74) is 2.61. The van der Waals surface area contributed by atoms with Crippen LogP contribution in [0, 0.1) is 0 Å². The summed E-state index contributed by atoms with van der Waals surface area (Å²) in [7, 11) is 0. The Morgan fingerprint density at radius 3 is 2.51 bits per heavy atom. The molecule has 1 aliphatic heterocycles. The number of rotatable bonds is 9. The third-order valence-corrected chi connectivity index (χ3v) is 6.32. The maximum Gasteiger partial charge on any atom is 0.322 e. The summed E-state index contributed by atoms with van der Waals surface area (Å²) in [6.07, 6.45) is 0. The van der Waals surface area contributed by atoms with Crippen molar-refractivity contribution in [1.29, 1.82) is 0 Å². The van der Waals surface area contributed by atoms with Gasteiger partial charge in [0.15, 0.2) is 0 Å². The molecule has 2 amide bonds. The smallest absolute Gasteiger partial charge is 0.322 e. The van der Waals surface area contributed by atoms with Gasteiger partial charge < -0.3 is 19.7 Å². The number of ether oxygens (including phenoxy) is 2. The summed E-state index contributed by atoms with van der Waals surface area (Å²) in [5, 5.41) is 3.85. The topological polar surface area (TPSA) is 54.0 Å². The third kappa shape index (κ3) is 7.87. The molecule has 8 heteroatoms. The lowest BCUT2D eigenvalue weighted by molar-refractivity contribution is 0.0349. The maximum atomic E-state index is 13.3. The van der Waals surface area contributed by atoms with Crippen molar-refractivity contribution in [1.82, 2.24) is 9.80 Å². The fourth-order valence-corrected chi connectivity index (χ4v) is 4.28. The fourth-order valence-electron chi connectivity index (χ4n) is 3.82. The van der Waals surface area contributed by atoms with E-state index in [1.165, 1.54) is 0 Å². The largest absolute Gasteiger partial charge is 0.489 e. The van der Waals surface area contributed by atoms with Gasteiger partial charge in [-0.1, -0.05) is 65.7 Å². The second-order valence-corrected chi connectivity index (χ2v) is 9.20. The normalized spacial score (nSPS) is 13.9. The van der Waals surface area contributed by atoms with Gasteiger partial charge in [0.2, 0.25) is 0 Å². The summed E-state index contributed by atoms with van der Waals surface area (Å²) in [4.78, 5) is 17.4. The van der Waals surface area contributed by atoms with Crippen molar-refractivity contribution in [3.63, 3.8) is 0 Å². The van der Waals surface area contributed by atoms with Crippen molar-refractivity contribution >= 4 is 34.9 Å². The van der Waals surface area contributed by atoms with Crippen LogP contribution in [0.25, 0.3) is 0 Å². The SMILES string of the molecule is O=C(Nc1ccc(Cl)cc1Cl)N(CCN1CCOCC1)Cc1cccc(OCc2ccccc2)c1. The number of carbonyl (C=O) groups excluding carboxylic acids is 1. The molecule has 4 rings (SSSR count). The predicted molar refractivity (Wildman–Crippen MR) is 140 cm³/mol. The van der Waals surface area contributed by atoms with Crippen LogP contribution in [-0.4, -0.2) is 55.2 Å². The van der Waals surface area contributed by atoms with Gasteiger partial charge in [-0.15, -0.1) is 0 Å². The first-order valence-electron chi connectivity index (χ1n) is 11.6. The van der Waals surface area contributed by atoms with E-state index in [0.29, 0.717) is 48.6 Å². The van der Waals surface area contributed by atoms with Crippen LogP contribution >= 0.6 is 23.2 Å². The van der Waals surface area contributed by atoms with Crippen LogP contribution in [0.5, 0.6) is 5.75 Å². The molecule has 0 aromatic heterocycles. The number of hydrogen-bond donors (Lipinski definition) is 1. The van der Waals surface area contributed by atoms with E-state index in [0.717, 1.165) is 36.5 Å². The van der Waals surface area contributed by atoms with E-state index in [4.69, 9.17) is 32.7 Å². The van der Waals surface area contributed by atoms with E-state index in [9.17, 15) is 4.79 Å². The molecule has 0 saturated carbocycles. The lowest BCUT2D eigenvalue weighted by Gasteiger charge is -2.30. The molecule has 0 unspecified atom stereocenters. The van der Waals surface area contributed by atoms with Gasteiger partial charge in [-0.2, -0.15) is 0 Å². The van der Waals surface area contributed by atoms with E-state index in [1.807, 2.05) is 54.6 Å². The van der Waals surface area contributed by atoms with Crippen LogP contribution in [-0.2, 0) is 17.9 Å². The van der Waals surface area contributed by atoms with Crippen molar-refractivity contribution in [2.24, 2.45) is 0 Å². The molecular weight excluding hydrogens is 485 g/mol. The van der Waals surface area contributed by atoms with Gasteiger partial charge in [0, 0.05) is 37.7 Å². The number of amides is 2. The zero-order chi connectivity index (χ0) is 24.5. The zero-order valence-corrected chi connectivity index (χ0v) is 21.0. The van der Waals surface area contributed by atoms with E-state index in [2.05, 4.69) is 10.2 Å². The first-order valence-corrected chi connectivity index (χ1v) is 12.4. The number of anilines is 1. The lowest BCUT2D eigenvalue weighted by atomic mass is 10.2. The summed E-state index contributed by atoms with van der Waals surface area (Å²) in [6, 6.07) is 22.7. The minimum Gasteiger partial charge on any atom is -0.489 e. The molecule has 0 spiro atoms. The minimum absolute atomic E-state index is 0.224. The van der Waals surface area contributed by atoms with Gasteiger partial charge in [0.1, 0.15) is 12.4 Å². The van der Waals surface area contributed by atoms with Gasteiger partial charge in [-0.05, 0) is 41.5 Å². The standard InChI is InChI=1S/C27H29Cl2N3O3/c28-23-9-10-26(25(29)18-23)30-27(33)32(12-11-31-13-15-34-16-14-31)19-22-7-4-8-24(17-22)35-20-21-5-2-1-3-6-21/h1-10,17-18H,11-16,19-20H2,(H,30,33). The quantitative estimate of drug-likeness (QED) is 0.384. The number of hydrogen-bond acceptors (Lipinski definition) is 4. The monoisotopic (exact) mass is 513 g/mol. The van der Waals surface area contributed by atoms with E-state index >= 15 is 0 Å². The highest BCUT2D eigenvalue weighted by Crippen LogP contribution is 2.26. The summed E-state index contributed by atoms with van der Waals surface area (Å²) >= 11 is 12.3. The molecule has 0 bridgehead atoms. The molecule has 3 aromatic rings. The number of nitrogens with zero attached hydrogens (tertiary/aromatic N) is 2. The highest BCUT2D eigenvalue weighted by atomic mass is 35.5. The second-order valence-electron chi connectivity index (χ2n) is 8.35. The highest BCUT2D eigenvalue weighted by molar-refractivity contribution is 6.36. The summed E-state index contributed by atoms with van der Waals surface area (Å²) < 4.78 is 11.4. The molecule has 3 aromatic carbocycles. The number of morpholine rings is 1. The molecule has 1 saturated heterocycles. The maximum absolute atomic E-state index is 13.3. The number of benzene rings is 3. The molecule has 184 valence electrons. The summed E-state index contributed by atoms with van der Waals surface area (Å²) in [5.74, 6) is 0.764. The highest BCUT2D eigenvalue weighted by Gasteiger charge is 2.18. The molecule has 35 heavy (non-hydrogen) atoms.